The maximum Gasteiger partial charge on any atom is 0.223 e. The van der Waals surface area contributed by atoms with Gasteiger partial charge in [-0.15, -0.1) is 11.8 Å². The number of nitrogens with two attached hydrogens (primary N) is 2. The molecule has 29 heavy (non-hydrogen) atoms. The molecule has 0 amide bonds. The predicted octanol–water partition coefficient (Wildman–Crippen LogP) is 2.07. The van der Waals surface area contributed by atoms with Crippen molar-refractivity contribution in [2.75, 3.05) is 54.8 Å². The second-order valence-corrected chi connectivity index (χ2v) is 8.36. The number of aliphatic hydroxyl groups excluding tert-OH is 1. The molecule has 0 aliphatic carbocycles. The number of piperazine rings is 1. The molecule has 5 N–H and O–H groups in total. The van der Waals surface area contributed by atoms with Crippen LogP contribution in [0.4, 0.5) is 17.6 Å². The number of nitrogens with zero attached hydrogens (tertiary/aromatic N) is 4. The third-order valence-electron chi connectivity index (χ3n) is 5.08. The molecule has 7 nitrogen and oxygen atoms in total. The van der Waals surface area contributed by atoms with Gasteiger partial charge in [-0.05, 0) is 22.9 Å². The van der Waals surface area contributed by atoms with Gasteiger partial charge >= 0.3 is 0 Å². The van der Waals surface area contributed by atoms with Crippen LogP contribution in [0.2, 0.25) is 0 Å². The van der Waals surface area contributed by atoms with Crippen LogP contribution in [0.3, 0.4) is 0 Å². The van der Waals surface area contributed by atoms with E-state index in [1.165, 1.54) is 15.7 Å². The number of aliphatic hydroxyl groups is 1. The Kier molecular flexibility index (Phi) is 6.03. The zero-order valence-electron chi connectivity index (χ0n) is 16.2. The van der Waals surface area contributed by atoms with Crippen LogP contribution in [-0.4, -0.2) is 64.6 Å². The van der Waals surface area contributed by atoms with E-state index in [0.29, 0.717) is 18.1 Å². The van der Waals surface area contributed by atoms with Crippen molar-refractivity contribution in [2.24, 2.45) is 0 Å². The van der Waals surface area contributed by atoms with Crippen molar-refractivity contribution in [3.05, 3.63) is 48.5 Å². The first-order valence-electron chi connectivity index (χ1n) is 9.74. The molecule has 1 fully saturated rings. The summed E-state index contributed by atoms with van der Waals surface area (Å²) in [6.07, 6.45) is -0.372. The van der Waals surface area contributed by atoms with E-state index in [4.69, 9.17) is 11.5 Å². The lowest BCUT2D eigenvalue weighted by Crippen LogP contribution is -2.49. The summed E-state index contributed by atoms with van der Waals surface area (Å²) >= 11 is 1.70. The molecule has 0 spiro atoms. The molecule has 1 aromatic heterocycles. The molecule has 4 rings (SSSR count). The molecular weight excluding hydrogens is 384 g/mol. The van der Waals surface area contributed by atoms with E-state index in [9.17, 15) is 5.11 Å². The number of hydrogen-bond acceptors (Lipinski definition) is 8. The Balaban J connectivity index is 1.25. The smallest absolute Gasteiger partial charge is 0.223 e. The fourth-order valence-corrected chi connectivity index (χ4v) is 4.46. The molecule has 1 aliphatic heterocycles. The van der Waals surface area contributed by atoms with Crippen molar-refractivity contribution in [1.29, 1.82) is 0 Å². The molecule has 2 aromatic carbocycles. The van der Waals surface area contributed by atoms with Crippen molar-refractivity contribution in [3.8, 4) is 0 Å². The zero-order valence-corrected chi connectivity index (χ0v) is 17.1. The molecule has 2 heterocycles. The van der Waals surface area contributed by atoms with Crippen LogP contribution in [0.25, 0.3) is 10.8 Å². The van der Waals surface area contributed by atoms with Gasteiger partial charge in [0.2, 0.25) is 5.95 Å². The number of hydrogen-bond donors (Lipinski definition) is 3. The van der Waals surface area contributed by atoms with E-state index < -0.39 is 0 Å². The van der Waals surface area contributed by atoms with Gasteiger partial charge in [-0.25, -0.2) is 0 Å². The van der Waals surface area contributed by atoms with E-state index in [-0.39, 0.29) is 12.1 Å². The van der Waals surface area contributed by atoms with Crippen LogP contribution in [0.5, 0.6) is 0 Å². The molecule has 0 bridgehead atoms. The average Bonchev–Trinajstić information content (AvgIpc) is 2.72. The highest BCUT2D eigenvalue weighted by molar-refractivity contribution is 7.99. The minimum Gasteiger partial charge on any atom is -0.391 e. The minimum atomic E-state index is -0.372. The van der Waals surface area contributed by atoms with Crippen LogP contribution < -0.4 is 16.4 Å². The maximum atomic E-state index is 10.5. The number of benzene rings is 2. The molecule has 8 heteroatoms. The molecule has 152 valence electrons. The lowest BCUT2D eigenvalue weighted by Gasteiger charge is -2.36. The van der Waals surface area contributed by atoms with Gasteiger partial charge in [0.1, 0.15) is 11.6 Å². The van der Waals surface area contributed by atoms with Crippen LogP contribution in [0, 0.1) is 0 Å². The summed E-state index contributed by atoms with van der Waals surface area (Å²) in [7, 11) is 0. The first-order chi connectivity index (χ1) is 14.1. The largest absolute Gasteiger partial charge is 0.391 e. The highest BCUT2D eigenvalue weighted by Gasteiger charge is 2.21. The highest BCUT2D eigenvalue weighted by Crippen LogP contribution is 2.24. The summed E-state index contributed by atoms with van der Waals surface area (Å²) in [6, 6.07) is 16.5. The van der Waals surface area contributed by atoms with Crippen molar-refractivity contribution < 1.29 is 5.11 Å². The fourth-order valence-electron chi connectivity index (χ4n) is 3.59. The van der Waals surface area contributed by atoms with Crippen molar-refractivity contribution in [2.45, 2.75) is 11.0 Å². The Labute approximate surface area is 174 Å². The molecule has 1 atom stereocenters. The van der Waals surface area contributed by atoms with Crippen molar-refractivity contribution in [3.63, 3.8) is 0 Å². The Morgan fingerprint density at radius 1 is 0.966 bits per heavy atom. The first kappa shape index (κ1) is 19.8. The highest BCUT2D eigenvalue weighted by atomic mass is 32.2. The second-order valence-electron chi connectivity index (χ2n) is 7.27. The monoisotopic (exact) mass is 410 g/mol. The summed E-state index contributed by atoms with van der Waals surface area (Å²) in [6.45, 7) is 4.03. The van der Waals surface area contributed by atoms with Crippen LogP contribution in [-0.2, 0) is 0 Å². The van der Waals surface area contributed by atoms with Crippen LogP contribution >= 0.6 is 11.8 Å². The van der Waals surface area contributed by atoms with Crippen molar-refractivity contribution in [1.82, 2.24) is 14.9 Å². The lowest BCUT2D eigenvalue weighted by atomic mass is 10.1. The quantitative estimate of drug-likeness (QED) is 0.531. The Morgan fingerprint density at radius 2 is 1.72 bits per heavy atom. The van der Waals surface area contributed by atoms with E-state index in [0.717, 1.165) is 32.0 Å². The van der Waals surface area contributed by atoms with Gasteiger partial charge in [0.25, 0.3) is 0 Å². The summed E-state index contributed by atoms with van der Waals surface area (Å²) < 4.78 is 0. The van der Waals surface area contributed by atoms with Crippen LogP contribution in [0.15, 0.2) is 53.4 Å². The Bertz CT molecular complexity index is 956. The van der Waals surface area contributed by atoms with Gasteiger partial charge in [0, 0.05) is 49.4 Å². The summed E-state index contributed by atoms with van der Waals surface area (Å²) in [4.78, 5) is 13.8. The first-order valence-corrected chi connectivity index (χ1v) is 10.7. The van der Waals surface area contributed by atoms with Gasteiger partial charge in [-0.1, -0.05) is 30.3 Å². The van der Waals surface area contributed by atoms with Crippen molar-refractivity contribution >= 4 is 40.1 Å². The third-order valence-corrected chi connectivity index (χ3v) is 6.22. The standard InChI is InChI=1S/C21H26N6OS/c22-19-12-20(25-21(23)24-19)27-9-7-26(8-10-27)13-17(28)14-29-18-6-5-15-3-1-2-4-16(15)11-18/h1-6,11-12,17,28H,7-10,13-14H2,(H4,22,23,24,25). The predicted molar refractivity (Wildman–Crippen MR) is 120 cm³/mol. The molecular formula is C21H26N6OS. The Hall–Kier alpha value is -2.55. The molecule has 1 unspecified atom stereocenters. The number of thioether (sulfide) groups is 1. The molecule has 1 saturated heterocycles. The number of rotatable bonds is 6. The van der Waals surface area contributed by atoms with Gasteiger partial charge < -0.3 is 21.5 Å². The molecule has 0 radical (unpaired) electrons. The summed E-state index contributed by atoms with van der Waals surface area (Å²) in [5.41, 5.74) is 11.5. The molecule has 0 saturated carbocycles. The number of anilines is 3. The number of fused-ring (bicyclic) bond motifs is 1. The molecule has 3 aromatic rings. The topological polar surface area (TPSA) is 105 Å². The normalized spacial score (nSPS) is 16.2. The van der Waals surface area contributed by atoms with E-state index in [1.54, 1.807) is 17.8 Å². The van der Waals surface area contributed by atoms with E-state index in [1.807, 2.05) is 6.07 Å². The molecule has 1 aliphatic rings. The number of nitrogen functional groups attached to an aromatic ring is 2. The second kappa shape index (κ2) is 8.86. The SMILES string of the molecule is Nc1cc(N2CCN(CC(O)CSc3ccc4ccccc4c3)CC2)nc(N)n1. The van der Waals surface area contributed by atoms with Gasteiger partial charge in [0.05, 0.1) is 6.10 Å². The van der Waals surface area contributed by atoms with E-state index in [2.05, 4.69) is 56.2 Å². The van der Waals surface area contributed by atoms with Gasteiger partial charge in [0.15, 0.2) is 0 Å². The fraction of sp³-hybridized carbons (Fsp3) is 0.333. The van der Waals surface area contributed by atoms with Crippen LogP contribution in [0.1, 0.15) is 0 Å². The van der Waals surface area contributed by atoms with E-state index >= 15 is 0 Å². The zero-order chi connectivity index (χ0) is 20.2. The third kappa shape index (κ3) is 5.09. The number of aromatic nitrogens is 2. The summed E-state index contributed by atoms with van der Waals surface area (Å²) in [5.74, 6) is 2.03. The maximum absolute atomic E-state index is 10.5. The number of β-amino-alcohol motifs (C(OH)–C–C–N with tert-alkyl or cyclic N) is 1. The summed E-state index contributed by atoms with van der Waals surface area (Å²) in [5, 5.41) is 13.0. The van der Waals surface area contributed by atoms with Gasteiger partial charge in [-0.3, -0.25) is 4.90 Å². The lowest BCUT2D eigenvalue weighted by molar-refractivity contribution is 0.126. The minimum absolute atomic E-state index is 0.198. The Morgan fingerprint density at radius 3 is 2.48 bits per heavy atom. The average molecular weight is 411 g/mol. The van der Waals surface area contributed by atoms with Gasteiger partial charge in [-0.2, -0.15) is 9.97 Å².